The minimum absolute atomic E-state index is 0.0752. The van der Waals surface area contributed by atoms with Gasteiger partial charge in [-0.05, 0) is 31.0 Å². The van der Waals surface area contributed by atoms with E-state index in [0.717, 1.165) is 12.8 Å². The minimum Gasteiger partial charge on any atom is -0.399 e. The normalized spacial score (nSPS) is 18.5. The molecule has 0 radical (unpaired) electrons. The van der Waals surface area contributed by atoms with Crippen LogP contribution in [0.3, 0.4) is 0 Å². The first-order chi connectivity index (χ1) is 9.95. The number of hydrogen-bond acceptors (Lipinski definition) is 4. The summed E-state index contributed by atoms with van der Waals surface area (Å²) in [5.41, 5.74) is 11.2. The molecule has 0 saturated carbocycles. The molecule has 0 aromatic heterocycles. The average Bonchev–Trinajstić information content (AvgIpc) is 2.44. The van der Waals surface area contributed by atoms with Crippen LogP contribution < -0.4 is 11.5 Å². The summed E-state index contributed by atoms with van der Waals surface area (Å²) in [6.45, 7) is 1.01. The number of halogens is 1. The molecule has 1 atom stereocenters. The number of nitrogens with two attached hydrogens (primary N) is 2. The lowest BCUT2D eigenvalue weighted by molar-refractivity contribution is -0.132. The summed E-state index contributed by atoms with van der Waals surface area (Å²) in [5, 5.41) is 0. The molecule has 1 aliphatic rings. The molecule has 1 fully saturated rings. The van der Waals surface area contributed by atoms with Crippen LogP contribution in [0.25, 0.3) is 0 Å². The Morgan fingerprint density at radius 3 is 2.81 bits per heavy atom. The summed E-state index contributed by atoms with van der Waals surface area (Å²) in [6, 6.07) is 4.20. The fourth-order valence-electron chi connectivity index (χ4n) is 2.34. The first-order valence-electron chi connectivity index (χ1n) is 6.71. The first kappa shape index (κ1) is 15.6. The number of hydrogen-bond donors (Lipinski definition) is 2. The summed E-state index contributed by atoms with van der Waals surface area (Å²) in [7, 11) is 0. The third kappa shape index (κ3) is 4.35. The molecule has 1 heterocycles. The molecule has 4 N–H and O–H groups in total. The molecule has 0 aliphatic carbocycles. The Kier molecular flexibility index (Phi) is 5.06. The van der Waals surface area contributed by atoms with Gasteiger partial charge >= 0.3 is 0 Å². The quantitative estimate of drug-likeness (QED) is 0.646. The number of anilines is 1. The number of primary amides is 1. The van der Waals surface area contributed by atoms with Gasteiger partial charge in [0.2, 0.25) is 11.8 Å². The molecule has 2 amide bonds. The fraction of sp³-hybridized carbons (Fsp3) is 0.429. The topological polar surface area (TPSA) is 89.4 Å². The molecule has 0 spiro atoms. The maximum Gasteiger partial charge on any atom is 0.232 e. The average molecular weight is 311 g/mol. The van der Waals surface area contributed by atoms with Gasteiger partial charge in [0.05, 0.1) is 11.7 Å². The minimum atomic E-state index is -0.420. The van der Waals surface area contributed by atoms with Crippen LogP contribution in [0.5, 0.6) is 0 Å². The molecule has 7 heteroatoms. The van der Waals surface area contributed by atoms with Crippen LogP contribution in [-0.2, 0) is 9.59 Å². The summed E-state index contributed by atoms with van der Waals surface area (Å²) in [6.07, 6.45) is 1.50. The predicted octanol–water partition coefficient (Wildman–Crippen LogP) is 1.22. The number of amides is 2. The van der Waals surface area contributed by atoms with E-state index in [1.54, 1.807) is 11.0 Å². The fourth-order valence-corrected chi connectivity index (χ4v) is 3.23. The van der Waals surface area contributed by atoms with Gasteiger partial charge in [-0.2, -0.15) is 0 Å². The summed E-state index contributed by atoms with van der Waals surface area (Å²) in [4.78, 5) is 25.6. The molecular weight excluding hydrogens is 293 g/mol. The van der Waals surface area contributed by atoms with E-state index in [1.807, 2.05) is 0 Å². The van der Waals surface area contributed by atoms with Gasteiger partial charge in [0.15, 0.2) is 0 Å². The van der Waals surface area contributed by atoms with Crippen molar-refractivity contribution >= 4 is 29.3 Å². The van der Waals surface area contributed by atoms with Crippen LogP contribution in [-0.4, -0.2) is 35.6 Å². The lowest BCUT2D eigenvalue weighted by Gasteiger charge is -2.31. The highest BCUT2D eigenvalue weighted by Crippen LogP contribution is 2.23. The maximum absolute atomic E-state index is 13.2. The van der Waals surface area contributed by atoms with Crippen LogP contribution in [0.15, 0.2) is 23.1 Å². The van der Waals surface area contributed by atoms with Gasteiger partial charge in [-0.1, -0.05) is 0 Å². The molecular formula is C14H18FN3O2S. The molecule has 114 valence electrons. The Morgan fingerprint density at radius 1 is 1.38 bits per heavy atom. The van der Waals surface area contributed by atoms with Crippen molar-refractivity contribution in [1.82, 2.24) is 4.90 Å². The molecule has 0 bridgehead atoms. The van der Waals surface area contributed by atoms with E-state index in [9.17, 15) is 14.0 Å². The van der Waals surface area contributed by atoms with Crippen molar-refractivity contribution < 1.29 is 14.0 Å². The van der Waals surface area contributed by atoms with Crippen molar-refractivity contribution in [2.45, 2.75) is 17.7 Å². The second-order valence-electron chi connectivity index (χ2n) is 5.09. The highest BCUT2D eigenvalue weighted by molar-refractivity contribution is 8.00. The number of rotatable bonds is 4. The smallest absolute Gasteiger partial charge is 0.232 e. The Hall–Kier alpha value is -1.76. The molecule has 5 nitrogen and oxygen atoms in total. The van der Waals surface area contributed by atoms with Crippen molar-refractivity contribution in [2.75, 3.05) is 24.6 Å². The maximum atomic E-state index is 13.2. The number of nitrogen functional groups attached to an aromatic ring is 1. The number of piperidine rings is 1. The van der Waals surface area contributed by atoms with Crippen LogP contribution in [0.1, 0.15) is 12.8 Å². The Balaban J connectivity index is 1.90. The van der Waals surface area contributed by atoms with Gasteiger partial charge in [-0.15, -0.1) is 11.8 Å². The van der Waals surface area contributed by atoms with E-state index in [-0.39, 0.29) is 23.5 Å². The number of thioether (sulfide) groups is 1. The predicted molar refractivity (Wildman–Crippen MR) is 80.0 cm³/mol. The molecule has 1 saturated heterocycles. The largest absolute Gasteiger partial charge is 0.399 e. The zero-order chi connectivity index (χ0) is 15.4. The Morgan fingerprint density at radius 2 is 2.14 bits per heavy atom. The lowest BCUT2D eigenvalue weighted by atomic mass is 9.97. The summed E-state index contributed by atoms with van der Waals surface area (Å²) < 4.78 is 13.2. The SMILES string of the molecule is NC(=O)C1CCCN(C(=O)CSc2cc(N)cc(F)c2)C1. The van der Waals surface area contributed by atoms with Crippen molar-refractivity contribution in [1.29, 1.82) is 0 Å². The van der Waals surface area contributed by atoms with Crippen LogP contribution >= 0.6 is 11.8 Å². The Bertz CT molecular complexity index is 533. The second kappa shape index (κ2) is 6.80. The first-order valence-corrected chi connectivity index (χ1v) is 7.70. The van der Waals surface area contributed by atoms with E-state index >= 15 is 0 Å². The molecule has 2 rings (SSSR count). The van der Waals surface area contributed by atoms with Crippen LogP contribution in [0.4, 0.5) is 10.1 Å². The van der Waals surface area contributed by atoms with E-state index in [0.29, 0.717) is 23.7 Å². The van der Waals surface area contributed by atoms with Crippen molar-refractivity contribution in [3.63, 3.8) is 0 Å². The molecule has 1 aromatic rings. The number of benzene rings is 1. The zero-order valence-electron chi connectivity index (χ0n) is 11.5. The van der Waals surface area contributed by atoms with Gasteiger partial charge in [0.1, 0.15) is 5.82 Å². The lowest BCUT2D eigenvalue weighted by Crippen LogP contribution is -2.44. The number of likely N-dealkylation sites (tertiary alicyclic amines) is 1. The zero-order valence-corrected chi connectivity index (χ0v) is 12.4. The monoisotopic (exact) mass is 311 g/mol. The third-order valence-electron chi connectivity index (χ3n) is 3.43. The molecule has 1 aliphatic heterocycles. The van der Waals surface area contributed by atoms with Crippen molar-refractivity contribution in [3.05, 3.63) is 24.0 Å². The molecule has 1 aromatic carbocycles. The van der Waals surface area contributed by atoms with Gasteiger partial charge in [0.25, 0.3) is 0 Å². The van der Waals surface area contributed by atoms with E-state index in [1.165, 1.54) is 23.9 Å². The highest BCUT2D eigenvalue weighted by Gasteiger charge is 2.26. The highest BCUT2D eigenvalue weighted by atomic mass is 32.2. The standard InChI is InChI=1S/C14H18FN3O2S/c15-10-4-11(16)6-12(5-10)21-8-13(19)18-3-1-2-9(7-18)14(17)20/h4-6,9H,1-3,7-8,16H2,(H2,17,20). The Labute approximate surface area is 126 Å². The molecule has 1 unspecified atom stereocenters. The number of carbonyl (C=O) groups is 2. The second-order valence-corrected chi connectivity index (χ2v) is 6.14. The van der Waals surface area contributed by atoms with E-state index < -0.39 is 5.82 Å². The summed E-state index contributed by atoms with van der Waals surface area (Å²) >= 11 is 1.23. The van der Waals surface area contributed by atoms with Crippen molar-refractivity contribution in [2.24, 2.45) is 11.7 Å². The van der Waals surface area contributed by atoms with Gasteiger partial charge in [-0.25, -0.2) is 4.39 Å². The third-order valence-corrected chi connectivity index (χ3v) is 4.39. The number of carbonyl (C=O) groups excluding carboxylic acids is 2. The number of nitrogens with zero attached hydrogens (tertiary/aromatic N) is 1. The van der Waals surface area contributed by atoms with Gasteiger partial charge < -0.3 is 16.4 Å². The van der Waals surface area contributed by atoms with E-state index in [2.05, 4.69) is 0 Å². The van der Waals surface area contributed by atoms with Crippen LogP contribution in [0, 0.1) is 11.7 Å². The van der Waals surface area contributed by atoms with Crippen LogP contribution in [0.2, 0.25) is 0 Å². The molecule has 21 heavy (non-hydrogen) atoms. The summed E-state index contributed by atoms with van der Waals surface area (Å²) in [5.74, 6) is -0.935. The van der Waals surface area contributed by atoms with Gasteiger partial charge in [0, 0.05) is 23.7 Å². The van der Waals surface area contributed by atoms with Gasteiger partial charge in [-0.3, -0.25) is 9.59 Å². The van der Waals surface area contributed by atoms with E-state index in [4.69, 9.17) is 11.5 Å². The van der Waals surface area contributed by atoms with Crippen molar-refractivity contribution in [3.8, 4) is 0 Å².